The van der Waals surface area contributed by atoms with Gasteiger partial charge >= 0.3 is 0 Å². The summed E-state index contributed by atoms with van der Waals surface area (Å²) in [5.41, 5.74) is 0. The Morgan fingerprint density at radius 2 is 0.571 bits per heavy atom. The van der Waals surface area contributed by atoms with Gasteiger partial charge in [0, 0.05) is 0 Å². The lowest BCUT2D eigenvalue weighted by Gasteiger charge is -1.68. The first-order valence-electron chi connectivity index (χ1n) is 6.33. The zero-order chi connectivity index (χ0) is 12.8. The molecule has 0 aromatic rings. The second-order valence-corrected chi connectivity index (χ2v) is 2.00. The van der Waals surface area contributed by atoms with Crippen LogP contribution in [0.2, 0.25) is 0 Å². The lowest BCUT2D eigenvalue weighted by molar-refractivity contribution is 0.886. The van der Waals surface area contributed by atoms with Crippen LogP contribution in [0.5, 0.6) is 0 Å². The quantitative estimate of drug-likeness (QED) is 0.452. The van der Waals surface area contributed by atoms with Crippen LogP contribution in [0.15, 0.2) is 13.2 Å². The van der Waals surface area contributed by atoms with Gasteiger partial charge in [-0.25, -0.2) is 0 Å². The molecule has 0 bridgehead atoms. The number of rotatable bonds is 2. The van der Waals surface area contributed by atoms with Crippen LogP contribution >= 0.6 is 0 Å². The van der Waals surface area contributed by atoms with E-state index < -0.39 is 0 Å². The predicted octanol–water partition coefficient (Wildman–Crippen LogP) is 6.47. The highest BCUT2D eigenvalue weighted by Crippen LogP contribution is 1.77. The van der Waals surface area contributed by atoms with E-state index in [1.165, 1.54) is 25.7 Å². The number of hydrogen-bond acceptors (Lipinski definition) is 0. The third kappa shape index (κ3) is 447. The van der Waals surface area contributed by atoms with Crippen LogP contribution in [0.1, 0.15) is 81.1 Å². The minimum Gasteiger partial charge on any atom is -0.106 e. The van der Waals surface area contributed by atoms with Crippen molar-refractivity contribution in [3.63, 3.8) is 0 Å². The molecule has 0 fully saturated rings. The van der Waals surface area contributed by atoms with Crippen molar-refractivity contribution in [3.05, 3.63) is 13.2 Å². The monoisotopic (exact) mass is 204 g/mol. The van der Waals surface area contributed by atoms with Gasteiger partial charge in [-0.05, 0) is 0 Å². The second-order valence-electron chi connectivity index (χ2n) is 2.00. The highest BCUT2D eigenvalue weighted by molar-refractivity contribution is 4.22. The maximum Gasteiger partial charge on any atom is -0.0564 e. The Morgan fingerprint density at radius 3 is 0.571 bits per heavy atom. The van der Waals surface area contributed by atoms with Gasteiger partial charge in [0.25, 0.3) is 0 Å². The second kappa shape index (κ2) is 126. The van der Waals surface area contributed by atoms with E-state index in [0.717, 1.165) is 0 Å². The molecule has 0 N–H and O–H groups in total. The van der Waals surface area contributed by atoms with Crippen LogP contribution in [0, 0.1) is 0 Å². The van der Waals surface area contributed by atoms with E-state index >= 15 is 0 Å². The van der Waals surface area contributed by atoms with Gasteiger partial charge in [-0.3, -0.25) is 0 Å². The van der Waals surface area contributed by atoms with Gasteiger partial charge in [0.15, 0.2) is 0 Å². The van der Waals surface area contributed by atoms with Crippen molar-refractivity contribution < 1.29 is 0 Å². The predicted molar refractivity (Wildman–Crippen MR) is 75.1 cm³/mol. The standard InChI is InChI=1S/2C4H10.2C2H6.C2H4/c2*1-3-4-2;3*1-2/h2*3-4H2,1-2H3;2*1-2H3;1-2H2. The molecule has 0 heteroatoms. The van der Waals surface area contributed by atoms with Crippen molar-refractivity contribution in [2.45, 2.75) is 81.1 Å². The van der Waals surface area contributed by atoms with E-state index in [0.29, 0.717) is 0 Å². The lowest BCUT2D eigenvalue weighted by Crippen LogP contribution is -1.47. The summed E-state index contributed by atoms with van der Waals surface area (Å²) >= 11 is 0. The zero-order valence-electron chi connectivity index (χ0n) is 12.2. The molecule has 0 unspecified atom stereocenters. The van der Waals surface area contributed by atoms with Crippen molar-refractivity contribution in [2.75, 3.05) is 0 Å². The molecule has 0 atom stereocenters. The molecule has 0 aromatic carbocycles. The van der Waals surface area contributed by atoms with Crippen LogP contribution in [0.3, 0.4) is 0 Å². The lowest BCUT2D eigenvalue weighted by atomic mass is 10.4. The van der Waals surface area contributed by atoms with Crippen LogP contribution in [0.25, 0.3) is 0 Å². The first-order chi connectivity index (χ1) is 6.83. The highest BCUT2D eigenvalue weighted by Gasteiger charge is 1.56. The fourth-order valence-corrected chi connectivity index (χ4v) is 0. The normalized spacial score (nSPS) is 5.43. The molecule has 0 aliphatic rings. The molecule has 0 aliphatic heterocycles. The fraction of sp³-hybridized carbons (Fsp3) is 0.857. The van der Waals surface area contributed by atoms with Crippen molar-refractivity contribution in [3.8, 4) is 0 Å². The Bertz CT molecular complexity index is 15.2. The first kappa shape index (κ1) is 29.2. The van der Waals surface area contributed by atoms with Crippen LogP contribution in [-0.2, 0) is 0 Å². The summed E-state index contributed by atoms with van der Waals surface area (Å²) in [5, 5.41) is 0. The smallest absolute Gasteiger partial charge is 0.0564 e. The van der Waals surface area contributed by atoms with Crippen molar-refractivity contribution in [1.29, 1.82) is 0 Å². The highest BCUT2D eigenvalue weighted by atomic mass is 13.6. The van der Waals surface area contributed by atoms with E-state index in [-0.39, 0.29) is 0 Å². The van der Waals surface area contributed by atoms with Gasteiger partial charge in [0.1, 0.15) is 0 Å². The molecule has 0 rings (SSSR count). The average Bonchev–Trinajstić information content (AvgIpc) is 2.36. The minimum absolute atomic E-state index is 1.32. The molecular weight excluding hydrogens is 168 g/mol. The van der Waals surface area contributed by atoms with E-state index in [1.54, 1.807) is 0 Å². The Kier molecular flexibility index (Phi) is 262. The molecule has 0 saturated carbocycles. The summed E-state index contributed by atoms with van der Waals surface area (Å²) in [7, 11) is 0. The largest absolute Gasteiger partial charge is 0.106 e. The minimum atomic E-state index is 1.32. The maximum atomic E-state index is 3.00. The third-order valence-corrected chi connectivity index (χ3v) is 1.000. The Hall–Kier alpha value is -0.260. The summed E-state index contributed by atoms with van der Waals surface area (Å²) in [6.45, 7) is 22.7. The molecule has 0 amide bonds. The van der Waals surface area contributed by atoms with E-state index in [2.05, 4.69) is 40.9 Å². The molecule has 0 saturated heterocycles. The summed E-state index contributed by atoms with van der Waals surface area (Å²) in [6, 6.07) is 0. The van der Waals surface area contributed by atoms with E-state index in [9.17, 15) is 0 Å². The Labute approximate surface area is 94.8 Å². The van der Waals surface area contributed by atoms with Gasteiger partial charge in [-0.1, -0.05) is 81.1 Å². The average molecular weight is 204 g/mol. The zero-order valence-corrected chi connectivity index (χ0v) is 12.2. The van der Waals surface area contributed by atoms with Crippen molar-refractivity contribution in [2.24, 2.45) is 0 Å². The molecule has 0 radical (unpaired) electrons. The van der Waals surface area contributed by atoms with E-state index in [1.807, 2.05) is 27.7 Å². The van der Waals surface area contributed by atoms with Gasteiger partial charge in [0.05, 0.1) is 0 Å². The SMILES string of the molecule is C=C.CC.CC.CCCC.CCCC. The molecule has 0 aliphatic carbocycles. The molecule has 0 spiro atoms. The molecule has 0 aromatic heterocycles. The van der Waals surface area contributed by atoms with Gasteiger partial charge in [0.2, 0.25) is 0 Å². The molecule has 92 valence electrons. The summed E-state index contributed by atoms with van der Waals surface area (Å²) in [6.07, 6.45) is 5.28. The maximum absolute atomic E-state index is 3.00. The van der Waals surface area contributed by atoms with E-state index in [4.69, 9.17) is 0 Å². The number of unbranched alkanes of at least 4 members (excludes halogenated alkanes) is 2. The molecule has 0 heterocycles. The summed E-state index contributed by atoms with van der Waals surface area (Å²) in [5.74, 6) is 0. The third-order valence-electron chi connectivity index (χ3n) is 1.000. The van der Waals surface area contributed by atoms with Crippen LogP contribution < -0.4 is 0 Å². The van der Waals surface area contributed by atoms with Crippen LogP contribution in [0.4, 0.5) is 0 Å². The van der Waals surface area contributed by atoms with Gasteiger partial charge in [-0.15, -0.1) is 13.2 Å². The van der Waals surface area contributed by atoms with Crippen molar-refractivity contribution in [1.82, 2.24) is 0 Å². The Balaban J connectivity index is -0.0000000255. The van der Waals surface area contributed by atoms with Crippen molar-refractivity contribution >= 4 is 0 Å². The molecule has 0 nitrogen and oxygen atoms in total. The van der Waals surface area contributed by atoms with Gasteiger partial charge in [-0.2, -0.15) is 0 Å². The molecular formula is C14H36. The number of hydrogen-bond donors (Lipinski definition) is 0. The topological polar surface area (TPSA) is 0 Å². The Morgan fingerprint density at radius 1 is 0.500 bits per heavy atom. The van der Waals surface area contributed by atoms with Crippen LogP contribution in [-0.4, -0.2) is 0 Å². The van der Waals surface area contributed by atoms with Gasteiger partial charge < -0.3 is 0 Å². The molecule has 14 heavy (non-hydrogen) atoms. The first-order valence-corrected chi connectivity index (χ1v) is 6.33. The summed E-state index contributed by atoms with van der Waals surface area (Å²) < 4.78 is 0. The summed E-state index contributed by atoms with van der Waals surface area (Å²) in [4.78, 5) is 0. The fourth-order valence-electron chi connectivity index (χ4n) is 0.